The van der Waals surface area contributed by atoms with Crippen LogP contribution in [0.15, 0.2) is 52.0 Å². The summed E-state index contributed by atoms with van der Waals surface area (Å²) in [4.78, 5) is 0. The minimum absolute atomic E-state index is 0.392. The number of aromatic nitrogens is 3. The van der Waals surface area contributed by atoms with E-state index in [1.54, 1.807) is 25.1 Å². The first kappa shape index (κ1) is 17.4. The van der Waals surface area contributed by atoms with Crippen molar-refractivity contribution >= 4 is 34.4 Å². The third-order valence-corrected chi connectivity index (χ3v) is 4.24. The highest BCUT2D eigenvalue weighted by molar-refractivity contribution is 9.10. The van der Waals surface area contributed by atoms with Crippen LogP contribution in [0.2, 0.25) is 0 Å². The molecule has 1 N–H and O–H groups in total. The largest absolute Gasteiger partial charge is 0.497 e. The maximum absolute atomic E-state index is 5.36. The zero-order valence-corrected chi connectivity index (χ0v) is 16.0. The summed E-state index contributed by atoms with van der Waals surface area (Å²) in [6.07, 6.45) is 1.68. The summed E-state index contributed by atoms with van der Waals surface area (Å²) in [7, 11) is 3.24. The summed E-state index contributed by atoms with van der Waals surface area (Å²) in [5.41, 5.74) is 1.65. The fourth-order valence-electron chi connectivity index (χ4n) is 2.27. The summed E-state index contributed by atoms with van der Waals surface area (Å²) in [6.45, 7) is 0. The van der Waals surface area contributed by atoms with Crippen molar-refractivity contribution in [2.75, 3.05) is 14.2 Å². The minimum atomic E-state index is 0.392. The number of nitrogens with one attached hydrogen (secondary N) is 1. The molecule has 1 heterocycles. The van der Waals surface area contributed by atoms with Crippen molar-refractivity contribution in [3.63, 3.8) is 0 Å². The van der Waals surface area contributed by atoms with Crippen LogP contribution < -0.4 is 9.47 Å². The van der Waals surface area contributed by atoms with E-state index in [2.05, 4.69) is 31.2 Å². The molecule has 3 rings (SSSR count). The summed E-state index contributed by atoms with van der Waals surface area (Å²) >= 11 is 8.74. The Labute approximate surface area is 158 Å². The van der Waals surface area contributed by atoms with Gasteiger partial charge in [0, 0.05) is 15.6 Å². The standard InChI is InChI=1S/C17H15BrN4O2S/c1-23-14-5-3-4-11(9-14)16-20-21-17(25)22(16)19-10-12-8-13(18)6-7-15(12)24-2/h3-10H,1-2H3,(H,21,25). The lowest BCUT2D eigenvalue weighted by Crippen LogP contribution is -1.97. The van der Waals surface area contributed by atoms with E-state index in [1.165, 1.54) is 0 Å². The second-order valence-corrected chi connectivity index (χ2v) is 6.33. The zero-order chi connectivity index (χ0) is 17.8. The molecule has 0 aliphatic carbocycles. The molecule has 0 atom stereocenters. The minimum Gasteiger partial charge on any atom is -0.497 e. The van der Waals surface area contributed by atoms with Crippen LogP contribution in [0.5, 0.6) is 11.5 Å². The first-order chi connectivity index (χ1) is 12.1. The van der Waals surface area contributed by atoms with Crippen LogP contribution in [0.25, 0.3) is 11.4 Å². The molecule has 6 nitrogen and oxygen atoms in total. The number of H-pyrrole nitrogens is 1. The molecule has 0 bridgehead atoms. The van der Waals surface area contributed by atoms with Crippen molar-refractivity contribution in [2.45, 2.75) is 0 Å². The van der Waals surface area contributed by atoms with E-state index in [0.29, 0.717) is 16.3 Å². The molecule has 8 heteroatoms. The average Bonchev–Trinajstić information content (AvgIpc) is 3.00. The van der Waals surface area contributed by atoms with Crippen LogP contribution in [0.1, 0.15) is 5.56 Å². The summed E-state index contributed by atoms with van der Waals surface area (Å²) < 4.78 is 13.5. The fourth-order valence-corrected chi connectivity index (χ4v) is 2.83. The Morgan fingerprint density at radius 1 is 1.20 bits per heavy atom. The van der Waals surface area contributed by atoms with Gasteiger partial charge >= 0.3 is 0 Å². The topological polar surface area (TPSA) is 64.4 Å². The van der Waals surface area contributed by atoms with Crippen LogP contribution in [0.3, 0.4) is 0 Å². The maximum atomic E-state index is 5.36. The Hall–Kier alpha value is -2.45. The molecule has 0 fully saturated rings. The van der Waals surface area contributed by atoms with Crippen molar-refractivity contribution < 1.29 is 9.47 Å². The van der Waals surface area contributed by atoms with Gasteiger partial charge in [0.15, 0.2) is 5.82 Å². The van der Waals surface area contributed by atoms with Crippen molar-refractivity contribution in [3.8, 4) is 22.9 Å². The fraction of sp³-hybridized carbons (Fsp3) is 0.118. The lowest BCUT2D eigenvalue weighted by molar-refractivity contribution is 0.414. The molecule has 0 unspecified atom stereocenters. The number of benzene rings is 2. The van der Waals surface area contributed by atoms with Gasteiger partial charge in [-0.1, -0.05) is 28.1 Å². The Bertz CT molecular complexity index is 981. The number of methoxy groups -OCH3 is 2. The molecule has 1 aromatic heterocycles. The molecule has 3 aromatic rings. The number of aromatic amines is 1. The monoisotopic (exact) mass is 418 g/mol. The molecule has 128 valence electrons. The first-order valence-electron chi connectivity index (χ1n) is 7.32. The van der Waals surface area contributed by atoms with Gasteiger partial charge < -0.3 is 9.47 Å². The number of halogens is 1. The molecular weight excluding hydrogens is 404 g/mol. The van der Waals surface area contributed by atoms with Crippen LogP contribution >= 0.6 is 28.1 Å². The van der Waals surface area contributed by atoms with Crippen LogP contribution in [0, 0.1) is 4.77 Å². The molecule has 0 saturated carbocycles. The van der Waals surface area contributed by atoms with E-state index < -0.39 is 0 Å². The predicted octanol–water partition coefficient (Wildman–Crippen LogP) is 4.27. The number of nitrogens with zero attached hydrogens (tertiary/aromatic N) is 3. The van der Waals surface area contributed by atoms with Gasteiger partial charge in [-0.25, -0.2) is 5.10 Å². The lowest BCUT2D eigenvalue weighted by atomic mass is 10.2. The van der Waals surface area contributed by atoms with Crippen molar-refractivity contribution in [1.29, 1.82) is 0 Å². The Morgan fingerprint density at radius 3 is 2.80 bits per heavy atom. The predicted molar refractivity (Wildman–Crippen MR) is 103 cm³/mol. The maximum Gasteiger partial charge on any atom is 0.216 e. The third-order valence-electron chi connectivity index (χ3n) is 3.48. The van der Waals surface area contributed by atoms with Crippen LogP contribution in [0.4, 0.5) is 0 Å². The molecular formula is C17H15BrN4O2S. The van der Waals surface area contributed by atoms with E-state index in [-0.39, 0.29) is 0 Å². The number of hydrogen-bond donors (Lipinski definition) is 1. The Kier molecular flexibility index (Phi) is 5.30. The van der Waals surface area contributed by atoms with E-state index in [9.17, 15) is 0 Å². The van der Waals surface area contributed by atoms with E-state index >= 15 is 0 Å². The van der Waals surface area contributed by atoms with Crippen LogP contribution in [-0.2, 0) is 0 Å². The quantitative estimate of drug-likeness (QED) is 0.496. The van der Waals surface area contributed by atoms with E-state index in [4.69, 9.17) is 21.7 Å². The molecule has 0 spiro atoms. The van der Waals surface area contributed by atoms with Gasteiger partial charge in [-0.05, 0) is 42.5 Å². The molecule has 0 saturated heterocycles. The lowest BCUT2D eigenvalue weighted by Gasteiger charge is -2.06. The highest BCUT2D eigenvalue weighted by Gasteiger charge is 2.09. The second-order valence-electron chi connectivity index (χ2n) is 5.03. The van der Waals surface area contributed by atoms with Gasteiger partial charge in [-0.15, -0.1) is 0 Å². The van der Waals surface area contributed by atoms with Crippen molar-refractivity contribution in [2.24, 2.45) is 5.10 Å². The zero-order valence-electron chi connectivity index (χ0n) is 13.6. The first-order valence-corrected chi connectivity index (χ1v) is 8.52. The van der Waals surface area contributed by atoms with Crippen LogP contribution in [-0.4, -0.2) is 35.3 Å². The Balaban J connectivity index is 2.03. The highest BCUT2D eigenvalue weighted by atomic mass is 79.9. The summed E-state index contributed by atoms with van der Waals surface area (Å²) in [5.74, 6) is 2.04. The van der Waals surface area contributed by atoms with Gasteiger partial charge in [-0.3, -0.25) is 0 Å². The van der Waals surface area contributed by atoms with E-state index in [1.807, 2.05) is 42.5 Å². The molecule has 0 aliphatic heterocycles. The summed E-state index contributed by atoms with van der Waals surface area (Å²) in [6, 6.07) is 13.2. The highest BCUT2D eigenvalue weighted by Crippen LogP contribution is 2.24. The number of ether oxygens (including phenoxy) is 2. The van der Waals surface area contributed by atoms with Gasteiger partial charge in [0.05, 0.1) is 20.4 Å². The molecule has 2 aromatic carbocycles. The smallest absolute Gasteiger partial charge is 0.216 e. The number of hydrogen-bond acceptors (Lipinski definition) is 5. The summed E-state index contributed by atoms with van der Waals surface area (Å²) in [5, 5.41) is 11.5. The Morgan fingerprint density at radius 2 is 2.04 bits per heavy atom. The molecule has 0 aliphatic rings. The SMILES string of the molecule is COc1cccc(-c2n[nH]c(=S)n2N=Cc2cc(Br)ccc2OC)c1. The van der Waals surface area contributed by atoms with Crippen molar-refractivity contribution in [3.05, 3.63) is 57.3 Å². The number of rotatable bonds is 5. The molecule has 0 radical (unpaired) electrons. The molecule has 0 amide bonds. The second kappa shape index (κ2) is 7.62. The third kappa shape index (κ3) is 3.80. The van der Waals surface area contributed by atoms with Gasteiger partial charge in [0.25, 0.3) is 0 Å². The van der Waals surface area contributed by atoms with Gasteiger partial charge in [-0.2, -0.15) is 14.9 Å². The van der Waals surface area contributed by atoms with Gasteiger partial charge in [0.2, 0.25) is 4.77 Å². The van der Waals surface area contributed by atoms with E-state index in [0.717, 1.165) is 21.3 Å². The normalized spacial score (nSPS) is 11.0. The average molecular weight is 419 g/mol. The molecule has 25 heavy (non-hydrogen) atoms. The van der Waals surface area contributed by atoms with Gasteiger partial charge in [0.1, 0.15) is 11.5 Å². The van der Waals surface area contributed by atoms with Crippen molar-refractivity contribution in [1.82, 2.24) is 14.9 Å².